The molecular formula is C27H31FN8O2. The van der Waals surface area contributed by atoms with Gasteiger partial charge < -0.3 is 25.6 Å². The van der Waals surface area contributed by atoms with Gasteiger partial charge >= 0.3 is 0 Å². The van der Waals surface area contributed by atoms with Gasteiger partial charge in [-0.05, 0) is 44.5 Å². The van der Waals surface area contributed by atoms with E-state index in [4.69, 9.17) is 9.72 Å². The number of piperazine rings is 1. The second kappa shape index (κ2) is 9.80. The molecule has 0 saturated carbocycles. The SMILES string of the molecule is CC1CN(c2ccc(C(=O)Nc3cc(F)c4nn(C)cc4c3)c3nc(NC4CCOC4)ncc23)CC(C)N1. The zero-order chi connectivity index (χ0) is 26.4. The van der Waals surface area contributed by atoms with Crippen LogP contribution in [0.4, 0.5) is 21.7 Å². The summed E-state index contributed by atoms with van der Waals surface area (Å²) in [4.78, 5) is 25.2. The number of nitrogens with one attached hydrogen (secondary N) is 3. The van der Waals surface area contributed by atoms with Crippen LogP contribution in [-0.2, 0) is 11.8 Å². The van der Waals surface area contributed by atoms with Crippen molar-refractivity contribution in [1.82, 2.24) is 25.1 Å². The topological polar surface area (TPSA) is 109 Å². The maximum absolute atomic E-state index is 14.7. The molecule has 2 aromatic heterocycles. The molecule has 10 nitrogen and oxygen atoms in total. The van der Waals surface area contributed by atoms with Crippen molar-refractivity contribution in [1.29, 1.82) is 0 Å². The van der Waals surface area contributed by atoms with Crippen LogP contribution in [0.2, 0.25) is 0 Å². The van der Waals surface area contributed by atoms with Gasteiger partial charge in [0.1, 0.15) is 5.52 Å². The number of benzene rings is 2. The second-order valence-electron chi connectivity index (χ2n) is 10.3. The molecule has 6 rings (SSSR count). The number of fused-ring (bicyclic) bond motifs is 2. The molecule has 0 spiro atoms. The average molecular weight is 519 g/mol. The van der Waals surface area contributed by atoms with Crippen molar-refractivity contribution >= 4 is 45.0 Å². The quantitative estimate of drug-likeness (QED) is 0.369. The fraction of sp³-hybridized carbons (Fsp3) is 0.407. The fourth-order valence-electron chi connectivity index (χ4n) is 5.47. The highest BCUT2D eigenvalue weighted by Gasteiger charge is 2.25. The Morgan fingerprint density at radius 2 is 2.00 bits per heavy atom. The number of amides is 1. The highest BCUT2D eigenvalue weighted by atomic mass is 19.1. The molecule has 11 heteroatoms. The van der Waals surface area contributed by atoms with E-state index in [-0.39, 0.29) is 17.5 Å². The molecule has 1 amide bonds. The first-order chi connectivity index (χ1) is 18.3. The number of nitrogens with zero attached hydrogens (tertiary/aromatic N) is 5. The molecule has 0 aliphatic carbocycles. The molecule has 3 unspecified atom stereocenters. The van der Waals surface area contributed by atoms with Gasteiger partial charge in [0.25, 0.3) is 5.91 Å². The molecule has 4 aromatic rings. The summed E-state index contributed by atoms with van der Waals surface area (Å²) in [6.07, 6.45) is 4.37. The van der Waals surface area contributed by atoms with E-state index >= 15 is 0 Å². The zero-order valence-electron chi connectivity index (χ0n) is 21.7. The Balaban J connectivity index is 1.38. The first kappa shape index (κ1) is 24.5. The van der Waals surface area contributed by atoms with Crippen molar-refractivity contribution in [3.05, 3.63) is 48.0 Å². The van der Waals surface area contributed by atoms with E-state index in [1.54, 1.807) is 36.3 Å². The molecule has 2 aliphatic rings. The van der Waals surface area contributed by atoms with Crippen LogP contribution in [0.15, 0.2) is 36.7 Å². The van der Waals surface area contributed by atoms with E-state index in [1.165, 1.54) is 6.07 Å². The molecule has 2 fully saturated rings. The molecule has 198 valence electrons. The highest BCUT2D eigenvalue weighted by molar-refractivity contribution is 6.14. The van der Waals surface area contributed by atoms with Crippen molar-refractivity contribution in [2.24, 2.45) is 7.05 Å². The van der Waals surface area contributed by atoms with Gasteiger partial charge in [0.2, 0.25) is 5.95 Å². The van der Waals surface area contributed by atoms with Crippen LogP contribution in [0.5, 0.6) is 0 Å². The van der Waals surface area contributed by atoms with E-state index in [0.29, 0.717) is 53.4 Å². The monoisotopic (exact) mass is 518 g/mol. The summed E-state index contributed by atoms with van der Waals surface area (Å²) in [6.45, 7) is 7.26. The van der Waals surface area contributed by atoms with Crippen LogP contribution in [0.3, 0.4) is 0 Å². The first-order valence-electron chi connectivity index (χ1n) is 12.9. The zero-order valence-corrected chi connectivity index (χ0v) is 21.7. The smallest absolute Gasteiger partial charge is 0.257 e. The van der Waals surface area contributed by atoms with Crippen LogP contribution >= 0.6 is 0 Å². The van der Waals surface area contributed by atoms with Crippen LogP contribution < -0.4 is 20.9 Å². The molecule has 0 radical (unpaired) electrons. The Kier molecular flexibility index (Phi) is 6.32. The summed E-state index contributed by atoms with van der Waals surface area (Å²) in [5, 5.41) is 15.3. The van der Waals surface area contributed by atoms with Gasteiger partial charge in [0.15, 0.2) is 5.82 Å². The van der Waals surface area contributed by atoms with Crippen molar-refractivity contribution < 1.29 is 13.9 Å². The Morgan fingerprint density at radius 3 is 2.76 bits per heavy atom. The largest absolute Gasteiger partial charge is 0.379 e. The van der Waals surface area contributed by atoms with Gasteiger partial charge in [-0.25, -0.2) is 14.4 Å². The number of anilines is 3. The molecule has 3 atom stereocenters. The van der Waals surface area contributed by atoms with Gasteiger partial charge in [-0.2, -0.15) is 5.10 Å². The third kappa shape index (κ3) is 4.74. The summed E-state index contributed by atoms with van der Waals surface area (Å²) in [5.41, 5.74) is 2.53. The highest BCUT2D eigenvalue weighted by Crippen LogP contribution is 2.31. The van der Waals surface area contributed by atoms with Gasteiger partial charge in [-0.15, -0.1) is 0 Å². The van der Waals surface area contributed by atoms with Gasteiger partial charge in [0.05, 0.1) is 23.7 Å². The summed E-state index contributed by atoms with van der Waals surface area (Å²) in [5.74, 6) is -0.419. The van der Waals surface area contributed by atoms with E-state index in [1.807, 2.05) is 6.07 Å². The molecule has 0 bridgehead atoms. The van der Waals surface area contributed by atoms with Gasteiger partial charge in [-0.1, -0.05) is 0 Å². The normalized spacial score (nSPS) is 21.8. The van der Waals surface area contributed by atoms with Crippen molar-refractivity contribution in [3.63, 3.8) is 0 Å². The Morgan fingerprint density at radius 1 is 1.18 bits per heavy atom. The molecule has 2 aromatic carbocycles. The fourth-order valence-corrected chi connectivity index (χ4v) is 5.47. The second-order valence-corrected chi connectivity index (χ2v) is 10.3. The number of carbonyl (C=O) groups excluding carboxylic acids is 1. The lowest BCUT2D eigenvalue weighted by Crippen LogP contribution is -2.54. The standard InChI is InChI=1S/C27H31FN8O2/c1-15-11-36(12-16(2)30-15)23-5-4-20(25-21(23)10-29-27(33-25)32-18-6-7-38-14-18)26(37)31-19-8-17-13-35(3)34-24(17)22(28)9-19/h4-5,8-10,13,15-16,18,30H,6-7,11-12,14H2,1-3H3,(H,31,37)(H,29,32,33). The molecule has 2 aliphatic heterocycles. The summed E-state index contributed by atoms with van der Waals surface area (Å²) in [7, 11) is 1.73. The number of aromatic nitrogens is 4. The lowest BCUT2D eigenvalue weighted by Gasteiger charge is -2.38. The van der Waals surface area contributed by atoms with Crippen LogP contribution in [0, 0.1) is 5.82 Å². The maximum atomic E-state index is 14.7. The van der Waals surface area contributed by atoms with Crippen molar-refractivity contribution in [2.45, 2.75) is 38.4 Å². The maximum Gasteiger partial charge on any atom is 0.257 e. The van der Waals surface area contributed by atoms with Gasteiger partial charge in [-0.3, -0.25) is 9.48 Å². The summed E-state index contributed by atoms with van der Waals surface area (Å²) in [6, 6.07) is 7.50. The number of hydrogen-bond donors (Lipinski definition) is 3. The van der Waals surface area contributed by atoms with Gasteiger partial charge in [0, 0.05) is 73.4 Å². The number of rotatable bonds is 5. The average Bonchev–Trinajstić information content (AvgIpc) is 3.51. The van der Waals surface area contributed by atoms with Crippen molar-refractivity contribution in [3.8, 4) is 0 Å². The number of hydrogen-bond acceptors (Lipinski definition) is 8. The predicted molar refractivity (Wildman–Crippen MR) is 145 cm³/mol. The third-order valence-corrected chi connectivity index (χ3v) is 7.07. The summed E-state index contributed by atoms with van der Waals surface area (Å²) < 4.78 is 21.7. The molecule has 4 heterocycles. The number of halogens is 1. The minimum Gasteiger partial charge on any atom is -0.379 e. The minimum atomic E-state index is -0.492. The minimum absolute atomic E-state index is 0.122. The number of ether oxygens (including phenoxy) is 1. The lowest BCUT2D eigenvalue weighted by molar-refractivity contribution is 0.102. The third-order valence-electron chi connectivity index (χ3n) is 7.07. The van der Waals surface area contributed by atoms with Crippen LogP contribution in [0.1, 0.15) is 30.6 Å². The molecule has 38 heavy (non-hydrogen) atoms. The lowest BCUT2D eigenvalue weighted by atomic mass is 10.0. The number of aryl methyl sites for hydroxylation is 1. The van der Waals surface area contributed by atoms with E-state index < -0.39 is 5.82 Å². The summed E-state index contributed by atoms with van der Waals surface area (Å²) >= 11 is 0. The van der Waals surface area contributed by atoms with E-state index in [9.17, 15) is 9.18 Å². The number of carbonyl (C=O) groups is 1. The van der Waals surface area contributed by atoms with Crippen molar-refractivity contribution in [2.75, 3.05) is 41.8 Å². The van der Waals surface area contributed by atoms with Crippen LogP contribution in [0.25, 0.3) is 21.8 Å². The molecule has 3 N–H and O–H groups in total. The van der Waals surface area contributed by atoms with Crippen LogP contribution in [-0.4, -0.2) is 70.1 Å². The Hall–Kier alpha value is -3.83. The predicted octanol–water partition coefficient (Wildman–Crippen LogP) is 3.30. The Labute approximate surface area is 219 Å². The van der Waals surface area contributed by atoms with E-state index in [2.05, 4.69) is 44.8 Å². The van der Waals surface area contributed by atoms with E-state index in [0.717, 1.165) is 30.6 Å². The Bertz CT molecular complexity index is 1510. The first-order valence-corrected chi connectivity index (χ1v) is 12.9. The molecule has 2 saturated heterocycles. The molecular weight excluding hydrogens is 487 g/mol.